The highest BCUT2D eigenvalue weighted by Crippen LogP contribution is 2.09. The van der Waals surface area contributed by atoms with E-state index in [1.54, 1.807) is 0 Å². The second-order valence-electron chi connectivity index (χ2n) is 3.04. The van der Waals surface area contributed by atoms with E-state index in [-0.39, 0.29) is 0 Å². The molecule has 5 heteroatoms. The first kappa shape index (κ1) is 15.7. The number of alkyl halides is 2. The minimum absolute atomic E-state index is 0.329. The Bertz CT molecular complexity index is 142. The molecule has 0 rings (SSSR count). The van der Waals surface area contributed by atoms with Gasteiger partial charge in [-0.1, -0.05) is 26.2 Å². The molecule has 0 aromatic rings. The standard InChI is InChI=1S/C6H15N.C3H4F2O2/c1-2-3-4-5-6-7;1-3(4,5)2(6)7/h2-7H2,1H3;1H3,(H,6,7). The fourth-order valence-corrected chi connectivity index (χ4v) is 0.571. The van der Waals surface area contributed by atoms with Crippen LogP contribution in [0.3, 0.4) is 0 Å². The molecule has 0 aromatic carbocycles. The molecule has 0 aliphatic carbocycles. The van der Waals surface area contributed by atoms with Crippen molar-refractivity contribution in [1.29, 1.82) is 0 Å². The molecule has 0 spiro atoms. The number of aliphatic carboxylic acids is 1. The van der Waals surface area contributed by atoms with E-state index in [0.29, 0.717) is 6.92 Å². The van der Waals surface area contributed by atoms with Crippen molar-refractivity contribution in [3.63, 3.8) is 0 Å². The first-order valence-corrected chi connectivity index (χ1v) is 4.67. The van der Waals surface area contributed by atoms with E-state index in [4.69, 9.17) is 10.8 Å². The molecule has 86 valence electrons. The predicted octanol–water partition coefficient (Wildman–Crippen LogP) is 2.25. The van der Waals surface area contributed by atoms with Gasteiger partial charge in [-0.05, 0) is 13.0 Å². The Kier molecular flexibility index (Phi) is 9.98. The molecule has 0 fully saturated rings. The molecule has 0 unspecified atom stereocenters. The van der Waals surface area contributed by atoms with Crippen LogP contribution >= 0.6 is 0 Å². The number of unbranched alkanes of at least 4 members (excludes halogenated alkanes) is 3. The average molecular weight is 211 g/mol. The van der Waals surface area contributed by atoms with Gasteiger partial charge in [0.1, 0.15) is 0 Å². The highest BCUT2D eigenvalue weighted by Gasteiger charge is 2.31. The Hall–Kier alpha value is -0.710. The van der Waals surface area contributed by atoms with Gasteiger partial charge in [-0.25, -0.2) is 4.79 Å². The molecule has 14 heavy (non-hydrogen) atoms. The van der Waals surface area contributed by atoms with Crippen LogP contribution in [0.2, 0.25) is 0 Å². The summed E-state index contributed by atoms with van der Waals surface area (Å²) in [5.74, 6) is -5.67. The number of carbonyl (C=O) groups is 1. The predicted molar refractivity (Wildman–Crippen MR) is 51.5 cm³/mol. The average Bonchev–Trinajstić information content (AvgIpc) is 2.05. The fraction of sp³-hybridized carbons (Fsp3) is 0.889. The minimum Gasteiger partial charge on any atom is -0.477 e. The first-order chi connectivity index (χ1) is 6.36. The molecule has 0 aliphatic heterocycles. The topological polar surface area (TPSA) is 63.3 Å². The van der Waals surface area contributed by atoms with Gasteiger partial charge >= 0.3 is 11.9 Å². The monoisotopic (exact) mass is 211 g/mol. The first-order valence-electron chi connectivity index (χ1n) is 4.67. The van der Waals surface area contributed by atoms with Crippen molar-refractivity contribution in [3.05, 3.63) is 0 Å². The SMILES string of the molecule is CC(F)(F)C(=O)O.CCCCCCN. The van der Waals surface area contributed by atoms with E-state index in [2.05, 4.69) is 6.92 Å². The second kappa shape index (κ2) is 8.87. The van der Waals surface area contributed by atoms with Crippen molar-refractivity contribution < 1.29 is 18.7 Å². The number of carboxylic acid groups (broad SMARTS) is 1. The van der Waals surface area contributed by atoms with Crippen molar-refractivity contribution >= 4 is 5.97 Å². The largest absolute Gasteiger partial charge is 0.477 e. The van der Waals surface area contributed by atoms with Crippen molar-refractivity contribution in [2.24, 2.45) is 5.73 Å². The highest BCUT2D eigenvalue weighted by atomic mass is 19.3. The molecule has 3 nitrogen and oxygen atoms in total. The third-order valence-corrected chi connectivity index (χ3v) is 1.43. The zero-order chi connectivity index (χ0) is 11.6. The fourth-order valence-electron chi connectivity index (χ4n) is 0.571. The normalized spacial score (nSPS) is 10.4. The minimum atomic E-state index is -3.58. The van der Waals surface area contributed by atoms with Crippen LogP contribution in [-0.2, 0) is 4.79 Å². The molecule has 0 atom stereocenters. The third-order valence-electron chi connectivity index (χ3n) is 1.43. The second-order valence-corrected chi connectivity index (χ2v) is 3.04. The summed E-state index contributed by atoms with van der Waals surface area (Å²) in [6.45, 7) is 3.39. The molecular weight excluding hydrogens is 192 g/mol. The smallest absolute Gasteiger partial charge is 0.374 e. The summed E-state index contributed by atoms with van der Waals surface area (Å²) in [5, 5.41) is 7.50. The zero-order valence-electron chi connectivity index (χ0n) is 8.72. The van der Waals surface area contributed by atoms with Crippen LogP contribution < -0.4 is 5.73 Å². The van der Waals surface area contributed by atoms with Crippen LogP contribution in [0.1, 0.15) is 39.5 Å². The molecular formula is C9H19F2NO2. The Morgan fingerprint density at radius 2 is 1.79 bits per heavy atom. The summed E-state index contributed by atoms with van der Waals surface area (Å²) < 4.78 is 22.5. The zero-order valence-corrected chi connectivity index (χ0v) is 8.72. The van der Waals surface area contributed by atoms with Gasteiger partial charge in [0.05, 0.1) is 0 Å². The van der Waals surface area contributed by atoms with E-state index in [9.17, 15) is 13.6 Å². The molecule has 0 heterocycles. The van der Waals surface area contributed by atoms with Gasteiger partial charge in [0, 0.05) is 6.92 Å². The quantitative estimate of drug-likeness (QED) is 0.685. The molecule has 0 radical (unpaired) electrons. The summed E-state index contributed by atoms with van der Waals surface area (Å²) in [7, 11) is 0. The van der Waals surface area contributed by atoms with Crippen LogP contribution in [0, 0.1) is 0 Å². The highest BCUT2D eigenvalue weighted by molar-refractivity contribution is 5.74. The molecule has 0 bridgehead atoms. The number of halogens is 2. The van der Waals surface area contributed by atoms with Gasteiger partial charge in [0.25, 0.3) is 0 Å². The van der Waals surface area contributed by atoms with Crippen LogP contribution in [0.4, 0.5) is 8.78 Å². The number of nitrogens with two attached hydrogens (primary N) is 1. The van der Waals surface area contributed by atoms with Crippen molar-refractivity contribution in [2.75, 3.05) is 6.54 Å². The Morgan fingerprint density at radius 3 is 2.00 bits per heavy atom. The summed E-state index contributed by atoms with van der Waals surface area (Å²) in [6.07, 6.45) is 5.16. The summed E-state index contributed by atoms with van der Waals surface area (Å²) in [5.41, 5.74) is 5.27. The number of hydrogen-bond donors (Lipinski definition) is 2. The van der Waals surface area contributed by atoms with Crippen LogP contribution in [0.25, 0.3) is 0 Å². The van der Waals surface area contributed by atoms with E-state index in [1.165, 1.54) is 25.7 Å². The van der Waals surface area contributed by atoms with Crippen LogP contribution in [0.15, 0.2) is 0 Å². The van der Waals surface area contributed by atoms with Crippen molar-refractivity contribution in [3.8, 4) is 0 Å². The van der Waals surface area contributed by atoms with Gasteiger partial charge < -0.3 is 10.8 Å². The maximum absolute atomic E-state index is 11.2. The third kappa shape index (κ3) is 13.9. The molecule has 0 amide bonds. The van der Waals surface area contributed by atoms with Crippen molar-refractivity contribution in [2.45, 2.75) is 45.5 Å². The van der Waals surface area contributed by atoms with E-state index >= 15 is 0 Å². The lowest BCUT2D eigenvalue weighted by atomic mass is 10.2. The Morgan fingerprint density at radius 1 is 1.36 bits per heavy atom. The lowest BCUT2D eigenvalue weighted by Crippen LogP contribution is -2.22. The van der Waals surface area contributed by atoms with Gasteiger partial charge in [-0.3, -0.25) is 0 Å². The summed E-state index contributed by atoms with van der Waals surface area (Å²) in [4.78, 5) is 9.27. The van der Waals surface area contributed by atoms with Gasteiger partial charge in [0.15, 0.2) is 0 Å². The molecule has 3 N–H and O–H groups in total. The number of rotatable bonds is 5. The summed E-state index contributed by atoms with van der Waals surface area (Å²) >= 11 is 0. The Balaban J connectivity index is 0. The van der Waals surface area contributed by atoms with E-state index < -0.39 is 11.9 Å². The maximum atomic E-state index is 11.2. The lowest BCUT2D eigenvalue weighted by molar-refractivity contribution is -0.161. The number of carboxylic acids is 1. The van der Waals surface area contributed by atoms with Gasteiger partial charge in [-0.2, -0.15) is 8.78 Å². The van der Waals surface area contributed by atoms with Crippen LogP contribution in [0.5, 0.6) is 0 Å². The summed E-state index contributed by atoms with van der Waals surface area (Å²) in [6, 6.07) is 0. The molecule has 0 aromatic heterocycles. The lowest BCUT2D eigenvalue weighted by Gasteiger charge is -1.98. The van der Waals surface area contributed by atoms with E-state index in [1.807, 2.05) is 0 Å². The number of hydrogen-bond acceptors (Lipinski definition) is 2. The van der Waals surface area contributed by atoms with Crippen molar-refractivity contribution in [1.82, 2.24) is 0 Å². The van der Waals surface area contributed by atoms with E-state index in [0.717, 1.165) is 6.54 Å². The van der Waals surface area contributed by atoms with Gasteiger partial charge in [-0.15, -0.1) is 0 Å². The van der Waals surface area contributed by atoms with Crippen LogP contribution in [-0.4, -0.2) is 23.5 Å². The molecule has 0 saturated carbocycles. The maximum Gasteiger partial charge on any atom is 0.374 e. The molecule has 0 saturated heterocycles. The molecule has 0 aliphatic rings. The van der Waals surface area contributed by atoms with Gasteiger partial charge in [0.2, 0.25) is 0 Å². The Labute approximate surface area is 83.3 Å².